The average molecular weight is 397 g/mol. The van der Waals surface area contributed by atoms with Crippen molar-refractivity contribution in [3.8, 4) is 6.07 Å². The summed E-state index contributed by atoms with van der Waals surface area (Å²) in [7, 11) is -1.37. The minimum absolute atomic E-state index is 0.0668. The van der Waals surface area contributed by atoms with Gasteiger partial charge in [0.25, 0.3) is 15.9 Å². The van der Waals surface area contributed by atoms with E-state index in [-0.39, 0.29) is 16.4 Å². The first-order chi connectivity index (χ1) is 12.5. The van der Waals surface area contributed by atoms with Gasteiger partial charge < -0.3 is 10.1 Å². The highest BCUT2D eigenvalue weighted by Crippen LogP contribution is 2.16. The summed E-state index contributed by atoms with van der Waals surface area (Å²) in [6, 6.07) is 7.01. The summed E-state index contributed by atoms with van der Waals surface area (Å²) < 4.78 is 29.8. The molecule has 0 saturated carbocycles. The van der Waals surface area contributed by atoms with Crippen molar-refractivity contribution in [2.24, 2.45) is 5.92 Å². The number of hydroxylamine groups is 1. The molecule has 9 nitrogen and oxygen atoms in total. The van der Waals surface area contributed by atoms with Gasteiger partial charge in [0.1, 0.15) is 5.54 Å². The lowest BCUT2D eigenvalue weighted by atomic mass is 9.90. The third kappa shape index (κ3) is 5.50. The predicted octanol–water partition coefficient (Wildman–Crippen LogP) is 1.08. The van der Waals surface area contributed by atoms with Crippen LogP contribution in [-0.2, 0) is 24.4 Å². The Morgan fingerprint density at radius 1 is 1.30 bits per heavy atom. The number of esters is 1. The van der Waals surface area contributed by atoms with Gasteiger partial charge in [-0.15, -0.1) is 0 Å². The number of hydrogen-bond acceptors (Lipinski definition) is 7. The van der Waals surface area contributed by atoms with E-state index in [2.05, 4.69) is 10.2 Å². The molecule has 1 N–H and O–H groups in total. The number of nitriles is 1. The Balaban J connectivity index is 2.74. The van der Waals surface area contributed by atoms with Crippen molar-refractivity contribution in [3.63, 3.8) is 0 Å². The van der Waals surface area contributed by atoms with Crippen molar-refractivity contribution in [2.45, 2.75) is 31.2 Å². The molecule has 1 atom stereocenters. The molecular formula is C17H23N3O6S. The highest BCUT2D eigenvalue weighted by molar-refractivity contribution is 7.89. The molecule has 0 aromatic heterocycles. The Morgan fingerprint density at radius 3 is 2.30 bits per heavy atom. The predicted molar refractivity (Wildman–Crippen MR) is 95.7 cm³/mol. The summed E-state index contributed by atoms with van der Waals surface area (Å²) in [6.07, 6.45) is 0. The quantitative estimate of drug-likeness (QED) is 0.514. The molecule has 1 aromatic rings. The van der Waals surface area contributed by atoms with Crippen LogP contribution in [0.25, 0.3) is 0 Å². The lowest BCUT2D eigenvalue weighted by Crippen LogP contribution is -2.50. The monoisotopic (exact) mass is 397 g/mol. The molecule has 0 bridgehead atoms. The fourth-order valence-corrected chi connectivity index (χ4v) is 2.82. The summed E-state index contributed by atoms with van der Waals surface area (Å²) in [5.41, 5.74) is -0.999. The maximum atomic E-state index is 12.1. The van der Waals surface area contributed by atoms with Crippen molar-refractivity contribution in [1.29, 1.82) is 5.26 Å². The first-order valence-electron chi connectivity index (χ1n) is 8.00. The van der Waals surface area contributed by atoms with Gasteiger partial charge in [-0.2, -0.15) is 5.26 Å². The molecular weight excluding hydrogens is 374 g/mol. The minimum atomic E-state index is -3.82. The Hall–Kier alpha value is -2.48. The zero-order valence-electron chi connectivity index (χ0n) is 15.8. The molecule has 1 rings (SSSR count). The second-order valence-electron chi connectivity index (χ2n) is 6.21. The molecule has 0 fully saturated rings. The molecule has 0 spiro atoms. The van der Waals surface area contributed by atoms with E-state index in [4.69, 9.17) is 4.74 Å². The lowest BCUT2D eigenvalue weighted by molar-refractivity contribution is -0.125. The SMILES string of the molecule is CON(C)S(=O)(=O)c1ccc(C(=O)OCC(=O)N[C@@](C)(C#N)C(C)C)cc1. The van der Waals surface area contributed by atoms with E-state index in [9.17, 15) is 23.3 Å². The molecule has 0 heterocycles. The molecule has 0 aliphatic heterocycles. The summed E-state index contributed by atoms with van der Waals surface area (Å²) in [5.74, 6) is -1.54. The fourth-order valence-electron chi connectivity index (χ4n) is 1.85. The van der Waals surface area contributed by atoms with Gasteiger partial charge in [-0.25, -0.2) is 13.2 Å². The third-order valence-corrected chi connectivity index (χ3v) is 5.80. The fraction of sp³-hybridized carbons (Fsp3) is 0.471. The topological polar surface area (TPSA) is 126 Å². The normalized spacial score (nSPS) is 13.7. The van der Waals surface area contributed by atoms with E-state index in [1.54, 1.807) is 20.8 Å². The van der Waals surface area contributed by atoms with Gasteiger partial charge in [-0.05, 0) is 37.1 Å². The molecule has 0 saturated heterocycles. The number of hydrogen-bond donors (Lipinski definition) is 1. The van der Waals surface area contributed by atoms with Gasteiger partial charge in [0, 0.05) is 7.05 Å². The second-order valence-corrected chi connectivity index (χ2v) is 8.15. The Labute approximate surface area is 158 Å². The van der Waals surface area contributed by atoms with Crippen molar-refractivity contribution >= 4 is 21.9 Å². The Bertz CT molecular complexity index is 829. The molecule has 1 amide bonds. The Morgan fingerprint density at radius 2 is 1.85 bits per heavy atom. The lowest BCUT2D eigenvalue weighted by Gasteiger charge is -2.27. The second kappa shape index (κ2) is 8.94. The van der Waals surface area contributed by atoms with Crippen LogP contribution >= 0.6 is 0 Å². The van der Waals surface area contributed by atoms with E-state index < -0.39 is 34.0 Å². The zero-order valence-corrected chi connectivity index (χ0v) is 16.7. The summed E-state index contributed by atoms with van der Waals surface area (Å²) in [4.78, 5) is 28.5. The van der Waals surface area contributed by atoms with Crippen molar-refractivity contribution in [3.05, 3.63) is 29.8 Å². The number of sulfonamides is 1. The molecule has 0 radical (unpaired) electrons. The van der Waals surface area contributed by atoms with E-state index in [0.717, 1.165) is 0 Å². The summed E-state index contributed by atoms with van der Waals surface area (Å²) in [5, 5.41) is 11.7. The van der Waals surface area contributed by atoms with Crippen LogP contribution in [0.5, 0.6) is 0 Å². The van der Waals surface area contributed by atoms with Gasteiger partial charge in [0.2, 0.25) is 0 Å². The maximum absolute atomic E-state index is 12.1. The molecule has 0 unspecified atom stereocenters. The molecule has 27 heavy (non-hydrogen) atoms. The standard InChI is InChI=1S/C17H23N3O6S/c1-12(2)17(3,11-18)19-15(21)10-26-16(22)13-6-8-14(9-7-13)27(23,24)20(4)25-5/h6-9,12H,10H2,1-5H3,(H,19,21)/t17-/m0/s1. The van der Waals surface area contributed by atoms with Gasteiger partial charge in [-0.3, -0.25) is 9.63 Å². The molecule has 0 aliphatic carbocycles. The first-order valence-corrected chi connectivity index (χ1v) is 9.44. The van der Waals surface area contributed by atoms with E-state index >= 15 is 0 Å². The summed E-state index contributed by atoms with van der Waals surface area (Å²) >= 11 is 0. The smallest absolute Gasteiger partial charge is 0.338 e. The van der Waals surface area contributed by atoms with Crippen LogP contribution < -0.4 is 5.32 Å². The van der Waals surface area contributed by atoms with Crippen LogP contribution in [0.4, 0.5) is 0 Å². The number of carbonyl (C=O) groups is 2. The van der Waals surface area contributed by atoms with Gasteiger partial charge in [-0.1, -0.05) is 18.3 Å². The largest absolute Gasteiger partial charge is 0.452 e. The highest BCUT2D eigenvalue weighted by Gasteiger charge is 2.30. The number of carbonyl (C=O) groups excluding carboxylic acids is 2. The van der Waals surface area contributed by atoms with Crippen molar-refractivity contribution < 1.29 is 27.6 Å². The number of amides is 1. The van der Waals surface area contributed by atoms with Crippen LogP contribution in [0, 0.1) is 17.2 Å². The van der Waals surface area contributed by atoms with Crippen LogP contribution in [-0.4, -0.2) is 51.1 Å². The van der Waals surface area contributed by atoms with Crippen LogP contribution in [0.2, 0.25) is 0 Å². The number of benzene rings is 1. The number of nitrogens with zero attached hydrogens (tertiary/aromatic N) is 2. The molecule has 10 heteroatoms. The van der Waals surface area contributed by atoms with Gasteiger partial charge in [0.15, 0.2) is 6.61 Å². The van der Waals surface area contributed by atoms with Gasteiger partial charge >= 0.3 is 5.97 Å². The first kappa shape index (κ1) is 22.6. The van der Waals surface area contributed by atoms with E-state index in [0.29, 0.717) is 4.47 Å². The zero-order chi connectivity index (χ0) is 20.8. The highest BCUT2D eigenvalue weighted by atomic mass is 32.2. The van der Waals surface area contributed by atoms with Crippen LogP contribution in [0.3, 0.4) is 0 Å². The number of nitrogens with one attached hydrogen (secondary N) is 1. The van der Waals surface area contributed by atoms with Crippen LogP contribution in [0.1, 0.15) is 31.1 Å². The molecule has 1 aromatic carbocycles. The minimum Gasteiger partial charge on any atom is -0.452 e. The van der Waals surface area contributed by atoms with Gasteiger partial charge in [0.05, 0.1) is 23.6 Å². The van der Waals surface area contributed by atoms with Crippen molar-refractivity contribution in [1.82, 2.24) is 9.79 Å². The number of rotatable bonds is 8. The number of ether oxygens (including phenoxy) is 1. The Kier molecular flexibility index (Phi) is 7.47. The maximum Gasteiger partial charge on any atom is 0.338 e. The molecule has 0 aliphatic rings. The van der Waals surface area contributed by atoms with E-state index in [1.165, 1.54) is 38.4 Å². The molecule has 148 valence electrons. The third-order valence-electron chi connectivity index (χ3n) is 4.10. The summed E-state index contributed by atoms with van der Waals surface area (Å²) in [6.45, 7) is 4.58. The average Bonchev–Trinajstić information content (AvgIpc) is 2.65. The van der Waals surface area contributed by atoms with E-state index in [1.807, 2.05) is 6.07 Å². The van der Waals surface area contributed by atoms with Crippen molar-refractivity contribution in [2.75, 3.05) is 20.8 Å². The van der Waals surface area contributed by atoms with Crippen LogP contribution in [0.15, 0.2) is 29.2 Å².